The van der Waals surface area contributed by atoms with Crippen molar-refractivity contribution in [3.63, 3.8) is 0 Å². The van der Waals surface area contributed by atoms with E-state index in [-0.39, 0.29) is 42.7 Å². The molecule has 8 heteroatoms. The van der Waals surface area contributed by atoms with E-state index in [0.29, 0.717) is 24.5 Å². The smallest absolute Gasteiger partial charge is 0.317 e. The molecule has 0 bridgehead atoms. The fourth-order valence-corrected chi connectivity index (χ4v) is 5.14. The van der Waals surface area contributed by atoms with Gasteiger partial charge in [0, 0.05) is 31.7 Å². The van der Waals surface area contributed by atoms with Gasteiger partial charge in [0.15, 0.2) is 0 Å². The fourth-order valence-electron chi connectivity index (χ4n) is 5.14. The van der Waals surface area contributed by atoms with Crippen molar-refractivity contribution in [2.24, 2.45) is 5.92 Å². The number of nitrogens with one attached hydrogen (secondary N) is 1. The highest BCUT2D eigenvalue weighted by Gasteiger charge is 2.35. The van der Waals surface area contributed by atoms with Crippen molar-refractivity contribution in [1.82, 2.24) is 20.1 Å². The van der Waals surface area contributed by atoms with Crippen molar-refractivity contribution in [3.05, 3.63) is 29.5 Å². The summed E-state index contributed by atoms with van der Waals surface area (Å²) in [5.74, 6) is 0.0533. The first kappa shape index (κ1) is 24.5. The number of carbonyl (C=O) groups is 2. The molecule has 1 fully saturated rings. The second kappa shape index (κ2) is 10.8. The lowest BCUT2D eigenvalue weighted by Gasteiger charge is -2.37. The van der Waals surface area contributed by atoms with Crippen LogP contribution in [0.25, 0.3) is 5.57 Å². The lowest BCUT2D eigenvalue weighted by atomic mass is 9.99. The van der Waals surface area contributed by atoms with E-state index in [1.54, 1.807) is 23.0 Å². The van der Waals surface area contributed by atoms with E-state index in [9.17, 15) is 14.7 Å². The van der Waals surface area contributed by atoms with Gasteiger partial charge in [-0.15, -0.1) is 0 Å². The Labute approximate surface area is 202 Å². The lowest BCUT2D eigenvalue weighted by molar-refractivity contribution is 0.0351. The molecule has 0 saturated heterocycles. The highest BCUT2D eigenvalue weighted by Crippen LogP contribution is 2.32. The van der Waals surface area contributed by atoms with Gasteiger partial charge in [0.2, 0.25) is 5.88 Å². The van der Waals surface area contributed by atoms with Crippen LogP contribution in [0.15, 0.2) is 18.3 Å². The molecule has 2 N–H and O–H groups in total. The van der Waals surface area contributed by atoms with E-state index in [0.717, 1.165) is 50.5 Å². The van der Waals surface area contributed by atoms with Crippen molar-refractivity contribution < 1.29 is 19.4 Å². The Morgan fingerprint density at radius 2 is 2.12 bits per heavy atom. The van der Waals surface area contributed by atoms with Gasteiger partial charge in [-0.25, -0.2) is 9.78 Å². The number of allylic oxidation sites excluding steroid dienone is 2. The summed E-state index contributed by atoms with van der Waals surface area (Å²) in [6.45, 7) is 4.54. The molecule has 8 nitrogen and oxygen atoms in total. The maximum Gasteiger partial charge on any atom is 0.317 e. The number of amides is 3. The lowest BCUT2D eigenvalue weighted by Crippen LogP contribution is -2.52. The minimum Gasteiger partial charge on any atom is -0.472 e. The molecule has 0 unspecified atom stereocenters. The second-order valence-electron chi connectivity index (χ2n) is 10.1. The predicted octanol–water partition coefficient (Wildman–Crippen LogP) is 3.45. The highest BCUT2D eigenvalue weighted by atomic mass is 16.5. The van der Waals surface area contributed by atoms with Crippen molar-refractivity contribution >= 4 is 17.5 Å². The van der Waals surface area contributed by atoms with Crippen LogP contribution in [0, 0.1) is 5.92 Å². The molecule has 0 spiro atoms. The molecule has 2 heterocycles. The second-order valence-corrected chi connectivity index (χ2v) is 10.1. The third-order valence-electron chi connectivity index (χ3n) is 7.42. The maximum absolute atomic E-state index is 13.5. The van der Waals surface area contributed by atoms with E-state index >= 15 is 0 Å². The minimum atomic E-state index is -0.344. The van der Waals surface area contributed by atoms with Crippen LogP contribution in [0.3, 0.4) is 0 Å². The number of aliphatic hydroxyl groups is 1. The third-order valence-corrected chi connectivity index (χ3v) is 7.42. The molecular formula is C26H38N4O4. The van der Waals surface area contributed by atoms with Gasteiger partial charge >= 0.3 is 6.03 Å². The Morgan fingerprint density at radius 3 is 2.79 bits per heavy atom. The van der Waals surface area contributed by atoms with Crippen LogP contribution >= 0.6 is 0 Å². The molecular weight excluding hydrogens is 432 g/mol. The Balaban J connectivity index is 1.58. The normalized spacial score (nSPS) is 24.1. The van der Waals surface area contributed by atoms with Crippen LogP contribution in [0.1, 0.15) is 74.7 Å². The zero-order chi connectivity index (χ0) is 24.2. The van der Waals surface area contributed by atoms with Gasteiger partial charge in [-0.05, 0) is 56.2 Å². The summed E-state index contributed by atoms with van der Waals surface area (Å²) >= 11 is 0. The number of ether oxygens (including phenoxy) is 1. The first-order chi connectivity index (χ1) is 16.4. The molecule has 4 rings (SSSR count). The molecule has 2 aliphatic carbocycles. The summed E-state index contributed by atoms with van der Waals surface area (Å²) in [6, 6.07) is 1.69. The van der Waals surface area contributed by atoms with Crippen LogP contribution in [0.5, 0.6) is 5.88 Å². The topological polar surface area (TPSA) is 95.0 Å². The highest BCUT2D eigenvalue weighted by molar-refractivity contribution is 5.97. The maximum atomic E-state index is 13.5. The summed E-state index contributed by atoms with van der Waals surface area (Å²) in [5, 5.41) is 13.0. The average molecular weight is 471 g/mol. The van der Waals surface area contributed by atoms with Crippen LogP contribution in [-0.4, -0.2) is 76.8 Å². The summed E-state index contributed by atoms with van der Waals surface area (Å²) in [7, 11) is 1.78. The number of aliphatic hydroxyl groups excluding tert-OH is 1. The number of rotatable bonds is 6. The SMILES string of the molecule is C[C@@H]1CN([C@H](C)CO)C(=O)c2cc(C3=CCCC3)cnc2O[C@@H]1CN(C)C(=O)NC1CCCC1. The van der Waals surface area contributed by atoms with Crippen molar-refractivity contribution in [2.45, 2.75) is 77.0 Å². The zero-order valence-corrected chi connectivity index (χ0v) is 20.6. The van der Waals surface area contributed by atoms with Crippen LogP contribution in [0.4, 0.5) is 4.79 Å². The largest absolute Gasteiger partial charge is 0.472 e. The number of pyridine rings is 1. The van der Waals surface area contributed by atoms with Gasteiger partial charge in [0.1, 0.15) is 11.7 Å². The molecule has 3 atom stereocenters. The summed E-state index contributed by atoms with van der Waals surface area (Å²) in [5.41, 5.74) is 2.57. The molecule has 0 radical (unpaired) electrons. The van der Waals surface area contributed by atoms with Gasteiger partial charge in [-0.2, -0.15) is 0 Å². The standard InChI is InChI=1S/C26H38N4O4/c1-17-14-30(18(2)16-31)25(32)22-12-20(19-8-4-5-9-19)13-27-24(22)34-23(17)15-29(3)26(33)28-21-10-6-7-11-21/h8,12-13,17-18,21,23,31H,4-7,9-11,14-16H2,1-3H3,(H,28,33)/t17-,18-,23-/m1/s1. The Kier molecular flexibility index (Phi) is 7.76. The summed E-state index contributed by atoms with van der Waals surface area (Å²) < 4.78 is 6.33. The summed E-state index contributed by atoms with van der Waals surface area (Å²) in [6.07, 6.45) is 11.1. The number of fused-ring (bicyclic) bond motifs is 1. The summed E-state index contributed by atoms with van der Waals surface area (Å²) in [4.78, 5) is 34.3. The van der Waals surface area contributed by atoms with E-state index in [1.165, 1.54) is 5.57 Å². The van der Waals surface area contributed by atoms with Gasteiger partial charge in [0.05, 0.1) is 19.2 Å². The third kappa shape index (κ3) is 5.37. The quantitative estimate of drug-likeness (QED) is 0.664. The van der Waals surface area contributed by atoms with Crippen molar-refractivity contribution in [2.75, 3.05) is 26.7 Å². The van der Waals surface area contributed by atoms with Gasteiger partial charge in [-0.3, -0.25) is 4.79 Å². The van der Waals surface area contributed by atoms with Crippen LogP contribution < -0.4 is 10.1 Å². The predicted molar refractivity (Wildman–Crippen MR) is 131 cm³/mol. The number of hydrogen-bond acceptors (Lipinski definition) is 5. The Hall–Kier alpha value is -2.61. The Bertz CT molecular complexity index is 927. The number of hydrogen-bond donors (Lipinski definition) is 2. The number of nitrogens with zero attached hydrogens (tertiary/aromatic N) is 3. The van der Waals surface area contributed by atoms with E-state index in [1.807, 2.05) is 19.9 Å². The van der Waals surface area contributed by atoms with Gasteiger partial charge in [-0.1, -0.05) is 25.8 Å². The number of urea groups is 1. The zero-order valence-electron chi connectivity index (χ0n) is 20.6. The number of carbonyl (C=O) groups excluding carboxylic acids is 2. The molecule has 186 valence electrons. The average Bonchev–Trinajstić information content (AvgIpc) is 3.55. The molecule has 3 aliphatic rings. The molecule has 1 aliphatic heterocycles. The molecule has 1 aromatic rings. The molecule has 3 amide bonds. The minimum absolute atomic E-state index is 0.0631. The van der Waals surface area contributed by atoms with Gasteiger partial charge in [0.25, 0.3) is 5.91 Å². The molecule has 1 aromatic heterocycles. The van der Waals surface area contributed by atoms with Crippen molar-refractivity contribution in [3.8, 4) is 5.88 Å². The number of aromatic nitrogens is 1. The first-order valence-electron chi connectivity index (χ1n) is 12.7. The van der Waals surface area contributed by atoms with Crippen molar-refractivity contribution in [1.29, 1.82) is 0 Å². The van der Waals surface area contributed by atoms with E-state index in [2.05, 4.69) is 16.4 Å². The van der Waals surface area contributed by atoms with E-state index in [4.69, 9.17) is 4.74 Å². The Morgan fingerprint density at radius 1 is 1.35 bits per heavy atom. The molecule has 1 saturated carbocycles. The molecule has 0 aromatic carbocycles. The number of likely N-dealkylation sites (N-methyl/N-ethyl adjacent to an activating group) is 1. The van der Waals surface area contributed by atoms with Crippen LogP contribution in [0.2, 0.25) is 0 Å². The fraction of sp³-hybridized carbons (Fsp3) is 0.654. The van der Waals surface area contributed by atoms with Gasteiger partial charge < -0.3 is 25.0 Å². The van der Waals surface area contributed by atoms with Crippen LogP contribution in [-0.2, 0) is 0 Å². The van der Waals surface area contributed by atoms with E-state index < -0.39 is 0 Å². The first-order valence-corrected chi connectivity index (χ1v) is 12.7. The monoisotopic (exact) mass is 470 g/mol. The molecule has 34 heavy (non-hydrogen) atoms.